The van der Waals surface area contributed by atoms with Crippen LogP contribution >= 0.6 is 0 Å². The maximum absolute atomic E-state index is 12.7. The smallest absolute Gasteiger partial charge is 0.213 e. The Hall–Kier alpha value is -0.920. The van der Waals surface area contributed by atoms with Crippen molar-refractivity contribution in [1.29, 1.82) is 0 Å². The van der Waals surface area contributed by atoms with Gasteiger partial charge in [0.1, 0.15) is 0 Å². The van der Waals surface area contributed by atoms with Gasteiger partial charge in [-0.3, -0.25) is 0 Å². The second-order valence-corrected chi connectivity index (χ2v) is 3.46. The topological polar surface area (TPSA) is 12.9 Å². The molecule has 0 radical (unpaired) electrons. The molecule has 0 aliphatic heterocycles. The van der Waals surface area contributed by atoms with Gasteiger partial charge in [-0.2, -0.15) is 4.39 Å². The Morgan fingerprint density at radius 1 is 1.40 bits per heavy atom. The molecule has 0 bridgehead atoms. The van der Waals surface area contributed by atoms with Crippen LogP contribution in [0.2, 0.25) is 0 Å². The predicted molar refractivity (Wildman–Crippen MR) is 63.5 cm³/mol. The van der Waals surface area contributed by atoms with Crippen molar-refractivity contribution in [3.05, 3.63) is 29.8 Å². The Morgan fingerprint density at radius 3 is 2.60 bits per heavy atom. The first-order valence-corrected chi connectivity index (χ1v) is 5.85. The third-order valence-corrected chi connectivity index (χ3v) is 2.31. The van der Waals surface area contributed by atoms with Crippen LogP contribution in [0.3, 0.4) is 0 Å². The molecule has 0 aromatic carbocycles. The molecule has 0 N–H and O–H groups in total. The molecule has 1 aromatic heterocycles. The van der Waals surface area contributed by atoms with Crippen LogP contribution in [0, 0.1) is 5.95 Å². The second-order valence-electron chi connectivity index (χ2n) is 3.46. The maximum Gasteiger partial charge on any atom is 0.213 e. The van der Waals surface area contributed by atoms with Crippen molar-refractivity contribution in [2.75, 3.05) is 0 Å². The van der Waals surface area contributed by atoms with Gasteiger partial charge in [-0.15, -0.1) is 0 Å². The van der Waals surface area contributed by atoms with Crippen LogP contribution in [-0.2, 0) is 0 Å². The number of unbranched alkanes of at least 4 members (excludes halogenated alkanes) is 1. The fourth-order valence-electron chi connectivity index (χ4n) is 1.40. The van der Waals surface area contributed by atoms with Crippen molar-refractivity contribution >= 4 is 0 Å². The van der Waals surface area contributed by atoms with Crippen LogP contribution < -0.4 is 0 Å². The Balaban J connectivity index is 0.000000921. The van der Waals surface area contributed by atoms with Gasteiger partial charge in [0.2, 0.25) is 5.95 Å². The summed E-state index contributed by atoms with van der Waals surface area (Å²) in [7, 11) is 0. The third-order valence-electron chi connectivity index (χ3n) is 2.31. The van der Waals surface area contributed by atoms with E-state index in [0.717, 1.165) is 12.0 Å². The van der Waals surface area contributed by atoms with E-state index in [9.17, 15) is 4.39 Å². The molecule has 0 fully saturated rings. The molecule has 2 heteroatoms. The number of hydrogen-bond acceptors (Lipinski definition) is 1. The van der Waals surface area contributed by atoms with E-state index in [0.29, 0.717) is 5.92 Å². The molecule has 0 saturated carbocycles. The van der Waals surface area contributed by atoms with Gasteiger partial charge in [0.25, 0.3) is 0 Å². The summed E-state index contributed by atoms with van der Waals surface area (Å²) in [6, 6.07) is 3.42. The minimum absolute atomic E-state index is 0.374. The van der Waals surface area contributed by atoms with Crippen LogP contribution in [0.5, 0.6) is 0 Å². The lowest BCUT2D eigenvalue weighted by molar-refractivity contribution is 0.570. The first-order chi connectivity index (χ1) is 7.24. The molecule has 0 aliphatic carbocycles. The fraction of sp³-hybridized carbons (Fsp3) is 0.615. The molecule has 1 aromatic rings. The van der Waals surface area contributed by atoms with Gasteiger partial charge in [0, 0.05) is 6.20 Å². The predicted octanol–water partition coefficient (Wildman–Crippen LogP) is 4.54. The standard InChI is InChI=1S/C11H16FN.C2H6/c1-3-4-5-9(2)10-6-7-13-11(12)8-10;1-2/h6-9H,3-5H2,1-2H3;1-2H3. The zero-order valence-electron chi connectivity index (χ0n) is 10.3. The summed E-state index contributed by atoms with van der Waals surface area (Å²) in [6.07, 6.45) is 5.05. The Bertz CT molecular complexity index is 260. The first-order valence-electron chi connectivity index (χ1n) is 5.85. The largest absolute Gasteiger partial charge is 0.228 e. The van der Waals surface area contributed by atoms with E-state index >= 15 is 0 Å². The molecule has 86 valence electrons. The van der Waals surface area contributed by atoms with Gasteiger partial charge >= 0.3 is 0 Å². The highest BCUT2D eigenvalue weighted by atomic mass is 19.1. The Labute approximate surface area is 92.7 Å². The van der Waals surface area contributed by atoms with Crippen LogP contribution in [0.15, 0.2) is 18.3 Å². The van der Waals surface area contributed by atoms with E-state index in [4.69, 9.17) is 0 Å². The lowest BCUT2D eigenvalue weighted by atomic mass is 9.97. The van der Waals surface area contributed by atoms with Gasteiger partial charge < -0.3 is 0 Å². The van der Waals surface area contributed by atoms with E-state index in [1.165, 1.54) is 25.1 Å². The lowest BCUT2D eigenvalue weighted by Crippen LogP contribution is -1.95. The molecule has 1 rings (SSSR count). The molecule has 0 aliphatic rings. The van der Waals surface area contributed by atoms with Crippen LogP contribution in [0.25, 0.3) is 0 Å². The van der Waals surface area contributed by atoms with Gasteiger partial charge in [-0.05, 0) is 30.0 Å². The minimum atomic E-state index is -0.374. The highest BCUT2D eigenvalue weighted by molar-refractivity contribution is 5.15. The monoisotopic (exact) mass is 211 g/mol. The number of nitrogens with zero attached hydrogens (tertiary/aromatic N) is 1. The average molecular weight is 211 g/mol. The number of rotatable bonds is 4. The SMILES string of the molecule is CC.CCCCC(C)c1ccnc(F)c1. The van der Waals surface area contributed by atoms with E-state index in [2.05, 4.69) is 18.8 Å². The van der Waals surface area contributed by atoms with Gasteiger partial charge in [0.05, 0.1) is 0 Å². The molecular formula is C13H22FN. The second kappa shape index (κ2) is 8.39. The van der Waals surface area contributed by atoms with Crippen LogP contribution in [0.4, 0.5) is 4.39 Å². The fourth-order valence-corrected chi connectivity index (χ4v) is 1.40. The van der Waals surface area contributed by atoms with Crippen molar-refractivity contribution in [2.24, 2.45) is 0 Å². The van der Waals surface area contributed by atoms with Crippen molar-refractivity contribution in [3.8, 4) is 0 Å². The molecule has 0 spiro atoms. The maximum atomic E-state index is 12.7. The van der Waals surface area contributed by atoms with Crippen molar-refractivity contribution in [1.82, 2.24) is 4.98 Å². The molecule has 1 nitrogen and oxygen atoms in total. The van der Waals surface area contributed by atoms with Crippen molar-refractivity contribution in [2.45, 2.75) is 52.9 Å². The average Bonchev–Trinajstić information content (AvgIpc) is 2.28. The normalized spacial score (nSPS) is 11.5. The lowest BCUT2D eigenvalue weighted by Gasteiger charge is -2.10. The first kappa shape index (κ1) is 14.1. The van der Waals surface area contributed by atoms with E-state index < -0.39 is 0 Å². The van der Waals surface area contributed by atoms with Crippen molar-refractivity contribution < 1.29 is 4.39 Å². The Kier molecular flexibility index (Phi) is 7.88. The summed E-state index contributed by atoms with van der Waals surface area (Å²) < 4.78 is 12.7. The van der Waals surface area contributed by atoms with Gasteiger partial charge in [0.15, 0.2) is 0 Å². The van der Waals surface area contributed by atoms with Gasteiger partial charge in [-0.25, -0.2) is 4.98 Å². The highest BCUT2D eigenvalue weighted by Crippen LogP contribution is 2.20. The van der Waals surface area contributed by atoms with Gasteiger partial charge in [-0.1, -0.05) is 40.5 Å². The molecule has 0 saturated heterocycles. The van der Waals surface area contributed by atoms with E-state index in [1.807, 2.05) is 19.9 Å². The molecule has 1 heterocycles. The molecule has 1 atom stereocenters. The minimum Gasteiger partial charge on any atom is -0.228 e. The number of hydrogen-bond donors (Lipinski definition) is 0. The number of pyridine rings is 1. The zero-order valence-corrected chi connectivity index (χ0v) is 10.3. The quantitative estimate of drug-likeness (QED) is 0.666. The molecular weight excluding hydrogens is 189 g/mol. The van der Waals surface area contributed by atoms with E-state index in [1.54, 1.807) is 0 Å². The zero-order chi connectivity index (χ0) is 11.7. The molecule has 1 unspecified atom stereocenters. The molecule has 0 amide bonds. The molecule has 15 heavy (non-hydrogen) atoms. The van der Waals surface area contributed by atoms with Crippen LogP contribution in [-0.4, -0.2) is 4.98 Å². The van der Waals surface area contributed by atoms with Crippen LogP contribution in [0.1, 0.15) is 58.4 Å². The summed E-state index contributed by atoms with van der Waals surface area (Å²) in [5.74, 6) is 0.0679. The summed E-state index contributed by atoms with van der Waals surface area (Å²) in [6.45, 7) is 8.30. The summed E-state index contributed by atoms with van der Waals surface area (Å²) in [4.78, 5) is 3.54. The number of halogens is 1. The van der Waals surface area contributed by atoms with E-state index in [-0.39, 0.29) is 5.95 Å². The summed E-state index contributed by atoms with van der Waals surface area (Å²) >= 11 is 0. The summed E-state index contributed by atoms with van der Waals surface area (Å²) in [5.41, 5.74) is 1.06. The number of aromatic nitrogens is 1. The van der Waals surface area contributed by atoms with Crippen molar-refractivity contribution in [3.63, 3.8) is 0 Å². The third kappa shape index (κ3) is 5.50. The Morgan fingerprint density at radius 2 is 2.07 bits per heavy atom. The highest BCUT2D eigenvalue weighted by Gasteiger charge is 2.05. The summed E-state index contributed by atoms with van der Waals surface area (Å²) in [5, 5.41) is 0.